The maximum atomic E-state index is 6.18. The van der Waals surface area contributed by atoms with Gasteiger partial charge in [-0.3, -0.25) is 0 Å². The highest BCUT2D eigenvalue weighted by molar-refractivity contribution is 6.08. The molecule has 0 radical (unpaired) electrons. The first-order valence-electron chi connectivity index (χ1n) is 7.05. The standard InChI is InChI=1S/C19H15NO/c20-17-12-14(10-13-6-2-1-3-7-13)11-16-15-8-4-5-9-18(15)21-19(16)17/h1-9,11-12H,10,20H2. The van der Waals surface area contributed by atoms with E-state index in [0.29, 0.717) is 5.69 Å². The number of hydrogen-bond donors (Lipinski definition) is 1. The van der Waals surface area contributed by atoms with Crippen molar-refractivity contribution in [3.63, 3.8) is 0 Å². The maximum Gasteiger partial charge on any atom is 0.158 e. The first kappa shape index (κ1) is 12.0. The molecule has 3 aromatic carbocycles. The predicted molar refractivity (Wildman–Crippen MR) is 87.4 cm³/mol. The third-order valence-electron chi connectivity index (χ3n) is 3.82. The van der Waals surface area contributed by atoms with Gasteiger partial charge in [-0.05, 0) is 35.7 Å². The van der Waals surface area contributed by atoms with E-state index in [9.17, 15) is 0 Å². The quantitative estimate of drug-likeness (QED) is 0.535. The lowest BCUT2D eigenvalue weighted by molar-refractivity contribution is 0.670. The summed E-state index contributed by atoms with van der Waals surface area (Å²) in [7, 11) is 0. The molecule has 1 aromatic heterocycles. The molecular weight excluding hydrogens is 258 g/mol. The summed E-state index contributed by atoms with van der Waals surface area (Å²) in [6.45, 7) is 0. The molecule has 4 aromatic rings. The first-order valence-corrected chi connectivity index (χ1v) is 7.05. The number of nitrogen functional groups attached to an aromatic ring is 1. The topological polar surface area (TPSA) is 39.2 Å². The molecule has 0 amide bonds. The summed E-state index contributed by atoms with van der Waals surface area (Å²) in [6, 6.07) is 22.7. The Morgan fingerprint density at radius 2 is 1.52 bits per heavy atom. The van der Waals surface area contributed by atoms with E-state index >= 15 is 0 Å². The van der Waals surface area contributed by atoms with Crippen LogP contribution in [-0.2, 0) is 6.42 Å². The fraction of sp³-hybridized carbons (Fsp3) is 0.0526. The number of rotatable bonds is 2. The second-order valence-corrected chi connectivity index (χ2v) is 5.32. The van der Waals surface area contributed by atoms with Crippen molar-refractivity contribution in [1.29, 1.82) is 0 Å². The molecule has 0 unspecified atom stereocenters. The Kier molecular flexibility index (Phi) is 2.68. The zero-order valence-electron chi connectivity index (χ0n) is 11.5. The van der Waals surface area contributed by atoms with Crippen molar-refractivity contribution in [3.05, 3.63) is 77.9 Å². The first-order chi connectivity index (χ1) is 10.3. The van der Waals surface area contributed by atoms with Gasteiger partial charge in [0.05, 0.1) is 5.69 Å². The Morgan fingerprint density at radius 3 is 2.38 bits per heavy atom. The van der Waals surface area contributed by atoms with Gasteiger partial charge in [0.15, 0.2) is 5.58 Å². The third kappa shape index (κ3) is 2.05. The van der Waals surface area contributed by atoms with E-state index in [1.54, 1.807) is 0 Å². The average molecular weight is 273 g/mol. The summed E-state index contributed by atoms with van der Waals surface area (Å²) < 4.78 is 5.86. The smallest absolute Gasteiger partial charge is 0.158 e. The van der Waals surface area contributed by atoms with Crippen LogP contribution in [-0.4, -0.2) is 0 Å². The molecule has 1 heterocycles. The Hall–Kier alpha value is -2.74. The molecule has 21 heavy (non-hydrogen) atoms. The van der Waals surface area contributed by atoms with Crippen LogP contribution in [0.25, 0.3) is 21.9 Å². The average Bonchev–Trinajstić information content (AvgIpc) is 2.88. The van der Waals surface area contributed by atoms with E-state index in [1.165, 1.54) is 11.1 Å². The minimum Gasteiger partial charge on any atom is -0.454 e. The molecule has 102 valence electrons. The normalized spacial score (nSPS) is 11.2. The molecule has 0 aliphatic rings. The van der Waals surface area contributed by atoms with Crippen LogP contribution in [0.5, 0.6) is 0 Å². The van der Waals surface area contributed by atoms with E-state index in [2.05, 4.69) is 36.4 Å². The summed E-state index contributed by atoms with van der Waals surface area (Å²) >= 11 is 0. The zero-order chi connectivity index (χ0) is 14.2. The molecule has 2 nitrogen and oxygen atoms in total. The van der Waals surface area contributed by atoms with E-state index in [-0.39, 0.29) is 0 Å². The van der Waals surface area contributed by atoms with Gasteiger partial charge in [0.25, 0.3) is 0 Å². The van der Waals surface area contributed by atoms with E-state index in [0.717, 1.165) is 28.4 Å². The summed E-state index contributed by atoms with van der Waals surface area (Å²) in [5.41, 5.74) is 11.0. The molecule has 0 bridgehead atoms. The Bertz CT molecular complexity index is 922. The summed E-state index contributed by atoms with van der Waals surface area (Å²) in [6.07, 6.45) is 0.875. The van der Waals surface area contributed by atoms with Gasteiger partial charge in [-0.15, -0.1) is 0 Å². The molecule has 0 spiro atoms. The minimum atomic E-state index is 0.703. The molecule has 0 saturated heterocycles. The predicted octanol–water partition coefficient (Wildman–Crippen LogP) is 4.76. The van der Waals surface area contributed by atoms with Gasteiger partial charge in [-0.2, -0.15) is 0 Å². The van der Waals surface area contributed by atoms with Crippen LogP contribution >= 0.6 is 0 Å². The second-order valence-electron chi connectivity index (χ2n) is 5.32. The number of benzene rings is 3. The number of anilines is 1. The Labute approximate surface area is 122 Å². The Balaban J connectivity index is 1.89. The van der Waals surface area contributed by atoms with Crippen LogP contribution < -0.4 is 5.73 Å². The van der Waals surface area contributed by atoms with Crippen LogP contribution in [0.15, 0.2) is 71.1 Å². The highest BCUT2D eigenvalue weighted by Crippen LogP contribution is 2.33. The molecule has 0 fully saturated rings. The monoisotopic (exact) mass is 273 g/mol. The van der Waals surface area contributed by atoms with Crippen LogP contribution in [0, 0.1) is 0 Å². The molecule has 4 rings (SSSR count). The lowest BCUT2D eigenvalue weighted by Gasteiger charge is -2.04. The van der Waals surface area contributed by atoms with Crippen molar-refractivity contribution < 1.29 is 4.42 Å². The van der Waals surface area contributed by atoms with Crippen LogP contribution in [0.1, 0.15) is 11.1 Å². The molecular formula is C19H15NO. The van der Waals surface area contributed by atoms with Crippen molar-refractivity contribution >= 4 is 27.6 Å². The van der Waals surface area contributed by atoms with Crippen molar-refractivity contribution in [2.75, 3.05) is 5.73 Å². The minimum absolute atomic E-state index is 0.703. The van der Waals surface area contributed by atoms with E-state index in [1.807, 2.05) is 30.3 Å². The number of furan rings is 1. The van der Waals surface area contributed by atoms with Crippen molar-refractivity contribution in [2.45, 2.75) is 6.42 Å². The highest BCUT2D eigenvalue weighted by Gasteiger charge is 2.10. The fourth-order valence-electron chi connectivity index (χ4n) is 2.85. The van der Waals surface area contributed by atoms with E-state index < -0.39 is 0 Å². The third-order valence-corrected chi connectivity index (χ3v) is 3.82. The molecule has 0 aliphatic heterocycles. The van der Waals surface area contributed by atoms with Gasteiger partial charge < -0.3 is 10.2 Å². The number of nitrogens with two attached hydrogens (primary N) is 1. The summed E-state index contributed by atoms with van der Waals surface area (Å²) in [4.78, 5) is 0. The zero-order valence-corrected chi connectivity index (χ0v) is 11.5. The van der Waals surface area contributed by atoms with Crippen molar-refractivity contribution in [2.24, 2.45) is 0 Å². The van der Waals surface area contributed by atoms with Crippen molar-refractivity contribution in [1.82, 2.24) is 0 Å². The maximum absolute atomic E-state index is 6.18. The lowest BCUT2D eigenvalue weighted by Crippen LogP contribution is -1.92. The SMILES string of the molecule is Nc1cc(Cc2ccccc2)cc2c1oc1ccccc12. The van der Waals surface area contributed by atoms with Gasteiger partial charge in [-0.1, -0.05) is 48.5 Å². The highest BCUT2D eigenvalue weighted by atomic mass is 16.3. The molecule has 0 atom stereocenters. The molecule has 0 aliphatic carbocycles. The second kappa shape index (κ2) is 4.67. The largest absolute Gasteiger partial charge is 0.454 e. The van der Waals surface area contributed by atoms with Gasteiger partial charge in [0.1, 0.15) is 5.58 Å². The lowest BCUT2D eigenvalue weighted by atomic mass is 10.0. The molecule has 2 heteroatoms. The number of fused-ring (bicyclic) bond motifs is 3. The molecule has 0 saturated carbocycles. The van der Waals surface area contributed by atoms with Crippen LogP contribution in [0.2, 0.25) is 0 Å². The Morgan fingerprint density at radius 1 is 0.762 bits per heavy atom. The van der Waals surface area contributed by atoms with Crippen LogP contribution in [0.4, 0.5) is 5.69 Å². The number of para-hydroxylation sites is 1. The van der Waals surface area contributed by atoms with Gasteiger partial charge >= 0.3 is 0 Å². The van der Waals surface area contributed by atoms with Gasteiger partial charge in [-0.25, -0.2) is 0 Å². The summed E-state index contributed by atoms with van der Waals surface area (Å²) in [5, 5.41) is 2.21. The van der Waals surface area contributed by atoms with Gasteiger partial charge in [0, 0.05) is 10.8 Å². The van der Waals surface area contributed by atoms with Gasteiger partial charge in [0.2, 0.25) is 0 Å². The molecule has 2 N–H and O–H groups in total. The number of hydrogen-bond acceptors (Lipinski definition) is 2. The van der Waals surface area contributed by atoms with Crippen molar-refractivity contribution in [3.8, 4) is 0 Å². The van der Waals surface area contributed by atoms with Crippen LogP contribution in [0.3, 0.4) is 0 Å². The summed E-state index contributed by atoms with van der Waals surface area (Å²) in [5.74, 6) is 0. The fourth-order valence-corrected chi connectivity index (χ4v) is 2.85. The van der Waals surface area contributed by atoms with E-state index in [4.69, 9.17) is 10.2 Å².